The van der Waals surface area contributed by atoms with Crippen LogP contribution in [-0.2, 0) is 0 Å². The minimum absolute atomic E-state index is 0.124. The molecular weight excluding hydrogens is 306 g/mol. The van der Waals surface area contributed by atoms with Crippen molar-refractivity contribution in [3.63, 3.8) is 0 Å². The summed E-state index contributed by atoms with van der Waals surface area (Å²) in [5.41, 5.74) is 15.3. The number of nitrogens with one attached hydrogen (secondary N) is 1. The van der Waals surface area contributed by atoms with Crippen molar-refractivity contribution in [2.24, 2.45) is 11.0 Å². The van der Waals surface area contributed by atoms with Crippen LogP contribution in [0, 0.1) is 5.92 Å². The number of allylic oxidation sites excluding steroid dienone is 1. The first-order chi connectivity index (χ1) is 12.3. The molecule has 0 saturated carbocycles. The van der Waals surface area contributed by atoms with Gasteiger partial charge in [0.2, 0.25) is 0 Å². The molecule has 2 aliphatic rings. The van der Waals surface area contributed by atoms with Crippen molar-refractivity contribution < 1.29 is 0 Å². The Hall–Kier alpha value is -2.55. The molecule has 0 amide bonds. The number of hydrogen-bond donors (Lipinski definition) is 2. The highest BCUT2D eigenvalue weighted by Gasteiger charge is 2.32. The fourth-order valence-corrected chi connectivity index (χ4v) is 4.03. The van der Waals surface area contributed by atoms with Gasteiger partial charge in [-0.25, -0.2) is 0 Å². The zero-order chi connectivity index (χ0) is 17.1. The van der Waals surface area contributed by atoms with E-state index < -0.39 is 0 Å². The molecule has 2 aromatic rings. The standard InChI is InChI=1S/C22H25N3/c23-18-12-8-11-17(15-18)22-20-14-7-2-1-6-13-19(20)21(24-25-22)16-9-4-3-5-10-16/h3-5,8-12,14-15,19,22,25H,1-2,6-7,13,23H2. The lowest BCUT2D eigenvalue weighted by Gasteiger charge is -2.35. The molecule has 0 aromatic heterocycles. The zero-order valence-electron chi connectivity index (χ0n) is 14.5. The third kappa shape index (κ3) is 3.32. The Kier molecular flexibility index (Phi) is 4.55. The van der Waals surface area contributed by atoms with Crippen LogP contribution in [0.15, 0.2) is 71.3 Å². The molecule has 128 valence electrons. The van der Waals surface area contributed by atoms with Crippen LogP contribution in [0.5, 0.6) is 0 Å². The largest absolute Gasteiger partial charge is 0.399 e. The molecule has 25 heavy (non-hydrogen) atoms. The fraction of sp³-hybridized carbons (Fsp3) is 0.318. The third-order valence-corrected chi connectivity index (χ3v) is 5.27. The third-order valence-electron chi connectivity index (χ3n) is 5.27. The summed E-state index contributed by atoms with van der Waals surface area (Å²) in [6.07, 6.45) is 8.60. The maximum Gasteiger partial charge on any atom is 0.0907 e. The van der Waals surface area contributed by atoms with Gasteiger partial charge in [0, 0.05) is 11.6 Å². The van der Waals surface area contributed by atoms with E-state index in [-0.39, 0.29) is 6.04 Å². The van der Waals surface area contributed by atoms with Crippen LogP contribution in [0.1, 0.15) is 49.3 Å². The average molecular weight is 331 g/mol. The van der Waals surface area contributed by atoms with E-state index in [4.69, 9.17) is 10.8 Å². The average Bonchev–Trinajstić information content (AvgIpc) is 2.62. The van der Waals surface area contributed by atoms with Crippen LogP contribution in [0.2, 0.25) is 0 Å². The Labute approximate surface area is 149 Å². The fourth-order valence-electron chi connectivity index (χ4n) is 4.03. The summed E-state index contributed by atoms with van der Waals surface area (Å²) in [5, 5.41) is 4.83. The van der Waals surface area contributed by atoms with Crippen molar-refractivity contribution in [3.8, 4) is 0 Å². The Morgan fingerprint density at radius 3 is 2.68 bits per heavy atom. The number of hydrazone groups is 1. The number of fused-ring (bicyclic) bond motifs is 1. The Balaban J connectivity index is 1.77. The number of benzene rings is 2. The van der Waals surface area contributed by atoms with Crippen LogP contribution in [-0.4, -0.2) is 5.71 Å². The lowest BCUT2D eigenvalue weighted by molar-refractivity contribution is 0.490. The van der Waals surface area contributed by atoms with Crippen molar-refractivity contribution in [3.05, 3.63) is 77.4 Å². The molecule has 3 nitrogen and oxygen atoms in total. The van der Waals surface area contributed by atoms with E-state index in [2.05, 4.69) is 54.0 Å². The van der Waals surface area contributed by atoms with Crippen LogP contribution in [0.25, 0.3) is 0 Å². The number of nitrogen functional groups attached to an aromatic ring is 1. The zero-order valence-corrected chi connectivity index (χ0v) is 14.5. The summed E-state index contributed by atoms with van der Waals surface area (Å²) in [4.78, 5) is 0. The molecule has 0 spiro atoms. The van der Waals surface area contributed by atoms with Gasteiger partial charge >= 0.3 is 0 Å². The van der Waals surface area contributed by atoms with Gasteiger partial charge in [-0.2, -0.15) is 5.10 Å². The molecule has 4 rings (SSSR count). The first-order valence-electron chi connectivity index (χ1n) is 9.27. The van der Waals surface area contributed by atoms with Gasteiger partial charge in [0.15, 0.2) is 0 Å². The maximum atomic E-state index is 6.02. The highest BCUT2D eigenvalue weighted by Crippen LogP contribution is 2.38. The quantitative estimate of drug-likeness (QED) is 0.612. The van der Waals surface area contributed by atoms with E-state index in [0.29, 0.717) is 5.92 Å². The van der Waals surface area contributed by atoms with Crippen LogP contribution >= 0.6 is 0 Å². The number of nitrogens with zero attached hydrogens (tertiary/aromatic N) is 1. The predicted molar refractivity (Wildman–Crippen MR) is 104 cm³/mol. The van der Waals surface area contributed by atoms with E-state index in [1.807, 2.05) is 12.1 Å². The van der Waals surface area contributed by atoms with E-state index >= 15 is 0 Å². The summed E-state index contributed by atoms with van der Waals surface area (Å²) in [5.74, 6) is 0.385. The molecular formula is C22H25N3. The Morgan fingerprint density at radius 1 is 0.960 bits per heavy atom. The molecule has 0 saturated heterocycles. The molecule has 2 aromatic carbocycles. The molecule has 1 aliphatic heterocycles. The second-order valence-electron chi connectivity index (χ2n) is 6.99. The molecule has 1 heterocycles. The lowest BCUT2D eigenvalue weighted by Crippen LogP contribution is -2.35. The van der Waals surface area contributed by atoms with E-state index in [0.717, 1.165) is 12.1 Å². The van der Waals surface area contributed by atoms with Gasteiger partial charge in [-0.15, -0.1) is 0 Å². The minimum Gasteiger partial charge on any atom is -0.399 e. The van der Waals surface area contributed by atoms with E-state index in [1.54, 1.807) is 0 Å². The molecule has 3 heteroatoms. The highest BCUT2D eigenvalue weighted by atomic mass is 15.3. The molecule has 2 atom stereocenters. The van der Waals surface area contributed by atoms with Gasteiger partial charge in [0.25, 0.3) is 0 Å². The van der Waals surface area contributed by atoms with Gasteiger partial charge in [-0.3, -0.25) is 5.43 Å². The second-order valence-corrected chi connectivity index (χ2v) is 6.99. The van der Waals surface area contributed by atoms with Crippen molar-refractivity contribution in [2.75, 3.05) is 5.73 Å². The molecule has 2 unspecified atom stereocenters. The lowest BCUT2D eigenvalue weighted by atomic mass is 9.77. The second kappa shape index (κ2) is 7.14. The van der Waals surface area contributed by atoms with Crippen molar-refractivity contribution in [1.82, 2.24) is 5.43 Å². The SMILES string of the molecule is Nc1cccc(C2NN=C(c3ccccc3)C3CCCCCC=C32)c1. The Morgan fingerprint density at radius 2 is 1.84 bits per heavy atom. The van der Waals surface area contributed by atoms with Gasteiger partial charge in [0.1, 0.15) is 0 Å². The smallest absolute Gasteiger partial charge is 0.0907 e. The normalized spacial score (nSPS) is 23.4. The number of anilines is 1. The predicted octanol–water partition coefficient (Wildman–Crippen LogP) is 4.82. The van der Waals surface area contributed by atoms with Crippen molar-refractivity contribution >= 4 is 11.4 Å². The van der Waals surface area contributed by atoms with Crippen molar-refractivity contribution in [1.29, 1.82) is 0 Å². The van der Waals surface area contributed by atoms with Gasteiger partial charge in [0.05, 0.1) is 11.8 Å². The number of hydrogen-bond acceptors (Lipinski definition) is 3. The molecule has 3 N–H and O–H groups in total. The van der Waals surface area contributed by atoms with Gasteiger partial charge in [-0.05, 0) is 48.1 Å². The molecule has 0 radical (unpaired) electrons. The van der Waals surface area contributed by atoms with Gasteiger partial charge < -0.3 is 5.73 Å². The Bertz CT molecular complexity index is 792. The number of nitrogens with two attached hydrogens (primary N) is 1. The first-order valence-corrected chi connectivity index (χ1v) is 9.27. The molecule has 0 bridgehead atoms. The maximum absolute atomic E-state index is 6.02. The summed E-state index contributed by atoms with van der Waals surface area (Å²) >= 11 is 0. The first kappa shape index (κ1) is 15.9. The highest BCUT2D eigenvalue weighted by molar-refractivity contribution is 6.04. The molecule has 1 aliphatic carbocycles. The van der Waals surface area contributed by atoms with E-state index in [9.17, 15) is 0 Å². The monoisotopic (exact) mass is 331 g/mol. The molecule has 0 fully saturated rings. The van der Waals surface area contributed by atoms with E-state index in [1.165, 1.54) is 48.1 Å². The minimum atomic E-state index is 0.124. The topological polar surface area (TPSA) is 50.4 Å². The van der Waals surface area contributed by atoms with Crippen LogP contribution < -0.4 is 11.2 Å². The van der Waals surface area contributed by atoms with Crippen LogP contribution in [0.3, 0.4) is 0 Å². The number of rotatable bonds is 2. The summed E-state index contributed by atoms with van der Waals surface area (Å²) in [7, 11) is 0. The summed E-state index contributed by atoms with van der Waals surface area (Å²) < 4.78 is 0. The van der Waals surface area contributed by atoms with Gasteiger partial charge in [-0.1, -0.05) is 61.4 Å². The summed E-state index contributed by atoms with van der Waals surface area (Å²) in [6, 6.07) is 18.9. The van der Waals surface area contributed by atoms with Crippen molar-refractivity contribution in [2.45, 2.75) is 38.1 Å². The van der Waals surface area contributed by atoms with Crippen LogP contribution in [0.4, 0.5) is 5.69 Å². The summed E-state index contributed by atoms with van der Waals surface area (Å²) in [6.45, 7) is 0.